The summed E-state index contributed by atoms with van der Waals surface area (Å²) in [5, 5.41) is 0. The number of carbonyl (C=O) groups excluding carboxylic acids is 1. The summed E-state index contributed by atoms with van der Waals surface area (Å²) in [5.41, 5.74) is 0.469. The minimum Gasteiger partial charge on any atom is -0.497 e. The van der Waals surface area contributed by atoms with E-state index in [9.17, 15) is 4.79 Å². The van der Waals surface area contributed by atoms with Gasteiger partial charge < -0.3 is 23.8 Å². The van der Waals surface area contributed by atoms with E-state index in [0.29, 0.717) is 30.2 Å². The van der Waals surface area contributed by atoms with Crippen LogP contribution in [0.1, 0.15) is 23.2 Å². The lowest BCUT2D eigenvalue weighted by Crippen LogP contribution is -2.42. The molecule has 2 aromatic rings. The number of methoxy groups -OCH3 is 3. The molecule has 0 unspecified atom stereocenters. The predicted molar refractivity (Wildman–Crippen MR) is 102 cm³/mol. The molecule has 0 spiro atoms. The largest absolute Gasteiger partial charge is 0.497 e. The summed E-state index contributed by atoms with van der Waals surface area (Å²) in [6.45, 7) is 1.25. The Balaban J connectivity index is 1.62. The molecule has 0 radical (unpaired) electrons. The van der Waals surface area contributed by atoms with E-state index in [4.69, 9.17) is 18.9 Å². The Bertz CT molecular complexity index is 744. The first-order valence-corrected chi connectivity index (χ1v) is 8.97. The Morgan fingerprint density at radius 2 is 1.41 bits per heavy atom. The zero-order chi connectivity index (χ0) is 19.2. The van der Waals surface area contributed by atoms with Crippen molar-refractivity contribution in [1.29, 1.82) is 0 Å². The predicted octanol–water partition coefficient (Wildman–Crippen LogP) is 3.40. The van der Waals surface area contributed by atoms with Crippen LogP contribution in [0.25, 0.3) is 0 Å². The fourth-order valence-corrected chi connectivity index (χ4v) is 3.24. The second-order valence-electron chi connectivity index (χ2n) is 6.32. The van der Waals surface area contributed by atoms with Gasteiger partial charge in [0.25, 0.3) is 5.91 Å². The van der Waals surface area contributed by atoms with E-state index < -0.39 is 0 Å². The van der Waals surface area contributed by atoms with Crippen LogP contribution in [0.4, 0.5) is 0 Å². The van der Waals surface area contributed by atoms with Crippen LogP contribution in [0.3, 0.4) is 0 Å². The number of ether oxygens (including phenoxy) is 4. The van der Waals surface area contributed by atoms with Crippen LogP contribution in [0.15, 0.2) is 42.5 Å². The lowest BCUT2D eigenvalue weighted by Gasteiger charge is -2.32. The zero-order valence-electron chi connectivity index (χ0n) is 15.9. The molecule has 0 aromatic heterocycles. The Morgan fingerprint density at radius 3 is 1.93 bits per heavy atom. The number of hydrogen-bond acceptors (Lipinski definition) is 5. The van der Waals surface area contributed by atoms with Crippen molar-refractivity contribution in [1.82, 2.24) is 4.90 Å². The number of amides is 1. The summed E-state index contributed by atoms with van der Waals surface area (Å²) in [6, 6.07) is 12.9. The number of rotatable bonds is 6. The molecule has 0 bridgehead atoms. The molecular formula is C21H25NO5. The van der Waals surface area contributed by atoms with E-state index >= 15 is 0 Å². The molecule has 6 heteroatoms. The molecule has 6 nitrogen and oxygen atoms in total. The van der Waals surface area contributed by atoms with Crippen molar-refractivity contribution < 1.29 is 23.7 Å². The maximum atomic E-state index is 13.0. The summed E-state index contributed by atoms with van der Waals surface area (Å²) in [4.78, 5) is 14.8. The summed E-state index contributed by atoms with van der Waals surface area (Å²) < 4.78 is 21.9. The first-order chi connectivity index (χ1) is 13.2. The first-order valence-electron chi connectivity index (χ1n) is 8.97. The van der Waals surface area contributed by atoms with Crippen LogP contribution < -0.4 is 18.9 Å². The molecule has 2 aromatic carbocycles. The summed E-state index contributed by atoms with van der Waals surface area (Å²) in [6.07, 6.45) is 1.63. The molecule has 27 heavy (non-hydrogen) atoms. The number of likely N-dealkylation sites (tertiary alicyclic amines) is 1. The number of hydrogen-bond donors (Lipinski definition) is 0. The monoisotopic (exact) mass is 371 g/mol. The normalized spacial score (nSPS) is 14.6. The molecule has 0 N–H and O–H groups in total. The molecular weight excluding hydrogens is 346 g/mol. The Labute approximate surface area is 159 Å². The molecule has 0 aliphatic carbocycles. The van der Waals surface area contributed by atoms with Crippen molar-refractivity contribution in [2.24, 2.45) is 0 Å². The average Bonchev–Trinajstić information content (AvgIpc) is 2.73. The standard InChI is InChI=1S/C21H25NO5/c1-24-15-7-9-16(10-8-15)27-17-11-13-22(14-12-17)21(23)20-18(25-2)5-4-6-19(20)26-3/h4-10,17H,11-14H2,1-3H3. The van der Waals surface area contributed by atoms with Crippen LogP contribution in [-0.2, 0) is 0 Å². The van der Waals surface area contributed by atoms with Crippen molar-refractivity contribution in [2.45, 2.75) is 18.9 Å². The number of piperidine rings is 1. The van der Waals surface area contributed by atoms with Crippen molar-refractivity contribution >= 4 is 5.91 Å². The molecule has 1 fully saturated rings. The van der Waals surface area contributed by atoms with E-state index in [1.165, 1.54) is 0 Å². The third-order valence-electron chi connectivity index (χ3n) is 4.73. The molecule has 1 saturated heterocycles. The fraction of sp³-hybridized carbons (Fsp3) is 0.381. The first kappa shape index (κ1) is 18.9. The van der Waals surface area contributed by atoms with Crippen LogP contribution in [-0.4, -0.2) is 51.3 Å². The van der Waals surface area contributed by atoms with Crippen molar-refractivity contribution in [3.63, 3.8) is 0 Å². The van der Waals surface area contributed by atoms with E-state index in [2.05, 4.69) is 0 Å². The zero-order valence-corrected chi connectivity index (χ0v) is 15.9. The van der Waals surface area contributed by atoms with Gasteiger partial charge in [-0.25, -0.2) is 0 Å². The molecule has 1 aliphatic rings. The maximum Gasteiger partial charge on any atom is 0.261 e. The van der Waals surface area contributed by atoms with Gasteiger partial charge in [0.15, 0.2) is 0 Å². The molecule has 3 rings (SSSR count). The quantitative estimate of drug-likeness (QED) is 0.779. The van der Waals surface area contributed by atoms with E-state index in [1.54, 1.807) is 33.5 Å². The second-order valence-corrected chi connectivity index (χ2v) is 6.32. The Hall–Kier alpha value is -2.89. The SMILES string of the molecule is COc1ccc(OC2CCN(C(=O)c3c(OC)cccc3OC)CC2)cc1. The summed E-state index contributed by atoms with van der Waals surface area (Å²) in [5.74, 6) is 2.58. The summed E-state index contributed by atoms with van der Waals surface area (Å²) >= 11 is 0. The maximum absolute atomic E-state index is 13.0. The minimum atomic E-state index is -0.0767. The number of benzene rings is 2. The topological polar surface area (TPSA) is 57.2 Å². The van der Waals surface area contributed by atoms with Gasteiger partial charge in [-0.3, -0.25) is 4.79 Å². The fourth-order valence-electron chi connectivity index (χ4n) is 3.24. The molecule has 0 atom stereocenters. The Morgan fingerprint density at radius 1 is 0.852 bits per heavy atom. The van der Waals surface area contributed by atoms with Crippen molar-refractivity contribution in [2.75, 3.05) is 34.4 Å². The lowest BCUT2D eigenvalue weighted by atomic mass is 10.1. The highest BCUT2D eigenvalue weighted by Crippen LogP contribution is 2.31. The molecule has 1 aliphatic heterocycles. The average molecular weight is 371 g/mol. The number of carbonyl (C=O) groups is 1. The van der Waals surface area contributed by atoms with Crippen LogP contribution in [0, 0.1) is 0 Å². The van der Waals surface area contributed by atoms with E-state index in [0.717, 1.165) is 24.3 Å². The molecule has 1 amide bonds. The third-order valence-corrected chi connectivity index (χ3v) is 4.73. The van der Waals surface area contributed by atoms with Gasteiger partial charge in [0.1, 0.15) is 34.7 Å². The van der Waals surface area contributed by atoms with Gasteiger partial charge in [-0.1, -0.05) is 6.07 Å². The number of nitrogens with zero attached hydrogens (tertiary/aromatic N) is 1. The molecule has 1 heterocycles. The highest BCUT2D eigenvalue weighted by molar-refractivity contribution is 5.99. The van der Waals surface area contributed by atoms with Crippen molar-refractivity contribution in [3.05, 3.63) is 48.0 Å². The second kappa shape index (κ2) is 8.66. The van der Waals surface area contributed by atoms with Gasteiger partial charge in [0.05, 0.1) is 21.3 Å². The minimum absolute atomic E-state index is 0.0767. The van der Waals surface area contributed by atoms with Crippen molar-refractivity contribution in [3.8, 4) is 23.0 Å². The van der Waals surface area contributed by atoms with Gasteiger partial charge in [0.2, 0.25) is 0 Å². The van der Waals surface area contributed by atoms with Crippen LogP contribution in [0.2, 0.25) is 0 Å². The summed E-state index contributed by atoms with van der Waals surface area (Å²) in [7, 11) is 4.75. The van der Waals surface area contributed by atoms with Crippen LogP contribution >= 0.6 is 0 Å². The smallest absolute Gasteiger partial charge is 0.261 e. The molecule has 0 saturated carbocycles. The van der Waals surface area contributed by atoms with Gasteiger partial charge in [-0.2, -0.15) is 0 Å². The van der Waals surface area contributed by atoms with E-state index in [1.807, 2.05) is 35.2 Å². The third kappa shape index (κ3) is 4.27. The highest BCUT2D eigenvalue weighted by atomic mass is 16.5. The molecule has 144 valence electrons. The highest BCUT2D eigenvalue weighted by Gasteiger charge is 2.28. The van der Waals surface area contributed by atoms with Gasteiger partial charge in [-0.05, 0) is 36.4 Å². The lowest BCUT2D eigenvalue weighted by molar-refractivity contribution is 0.0589. The van der Waals surface area contributed by atoms with Gasteiger partial charge >= 0.3 is 0 Å². The van der Waals surface area contributed by atoms with Gasteiger partial charge in [-0.15, -0.1) is 0 Å². The van der Waals surface area contributed by atoms with E-state index in [-0.39, 0.29) is 12.0 Å². The Kier molecular flexibility index (Phi) is 6.06. The van der Waals surface area contributed by atoms with Gasteiger partial charge in [0, 0.05) is 25.9 Å². The van der Waals surface area contributed by atoms with Crippen LogP contribution in [0.5, 0.6) is 23.0 Å².